The standard InChI is InChI=1S/C21H27N3O7S.ClH/c1-5-29-20(28)31-11(2)30-19(27)15-21(3,4)32-18-14(17(26)24(15)18)23-16(25)13(22)12-9-7-6-8-10-12;/h6-11,13-15,18H,5,22H2,1-4H3,(H,23,25);1H/t11?,13-,14?,15?,18?;/m1./s1. The number of esters is 1. The highest BCUT2D eigenvalue weighted by Gasteiger charge is 2.64. The molecule has 0 spiro atoms. The van der Waals surface area contributed by atoms with E-state index in [0.717, 1.165) is 0 Å². The molecule has 1 aromatic rings. The van der Waals surface area contributed by atoms with Crippen molar-refractivity contribution in [3.63, 3.8) is 0 Å². The number of nitrogens with one attached hydrogen (secondary N) is 1. The van der Waals surface area contributed by atoms with Crippen molar-refractivity contribution in [2.45, 2.75) is 62.2 Å². The van der Waals surface area contributed by atoms with Crippen molar-refractivity contribution in [1.29, 1.82) is 0 Å². The third kappa shape index (κ3) is 5.53. The van der Waals surface area contributed by atoms with Crippen LogP contribution in [-0.2, 0) is 28.6 Å². The fourth-order valence-corrected chi connectivity index (χ4v) is 5.34. The van der Waals surface area contributed by atoms with E-state index in [4.69, 9.17) is 15.2 Å². The molecule has 0 bridgehead atoms. The third-order valence-electron chi connectivity index (χ3n) is 5.21. The SMILES string of the molecule is CCOC(=O)OC(C)OC(=O)C1N2C(=O)C(NC(=O)[C@H](N)c3ccccc3)C2SC1(C)C.Cl. The van der Waals surface area contributed by atoms with Crippen LogP contribution < -0.4 is 11.1 Å². The Kier molecular flexibility index (Phi) is 8.61. The van der Waals surface area contributed by atoms with Crippen LogP contribution in [0, 0.1) is 0 Å². The summed E-state index contributed by atoms with van der Waals surface area (Å²) in [4.78, 5) is 51.0. The van der Waals surface area contributed by atoms with E-state index in [2.05, 4.69) is 10.1 Å². The molecule has 0 aliphatic carbocycles. The molecule has 4 unspecified atom stereocenters. The minimum Gasteiger partial charge on any atom is -0.435 e. The zero-order valence-electron chi connectivity index (χ0n) is 18.7. The van der Waals surface area contributed by atoms with Gasteiger partial charge >= 0.3 is 12.1 Å². The van der Waals surface area contributed by atoms with Gasteiger partial charge in [-0.1, -0.05) is 30.3 Å². The molecule has 2 heterocycles. The zero-order chi connectivity index (χ0) is 23.6. The van der Waals surface area contributed by atoms with Gasteiger partial charge in [0.2, 0.25) is 18.1 Å². The number of benzene rings is 1. The molecule has 3 N–H and O–H groups in total. The Morgan fingerprint density at radius 3 is 2.45 bits per heavy atom. The van der Waals surface area contributed by atoms with Gasteiger partial charge in [0.05, 0.1) is 6.61 Å². The summed E-state index contributed by atoms with van der Waals surface area (Å²) in [5, 5.41) is 2.26. The summed E-state index contributed by atoms with van der Waals surface area (Å²) in [6.45, 7) is 6.74. The number of hydrogen-bond donors (Lipinski definition) is 2. The molecule has 1 aromatic carbocycles. The van der Waals surface area contributed by atoms with E-state index < -0.39 is 58.5 Å². The molecule has 2 aliphatic rings. The molecule has 182 valence electrons. The number of thioether (sulfide) groups is 1. The van der Waals surface area contributed by atoms with E-state index in [0.29, 0.717) is 5.56 Å². The summed E-state index contributed by atoms with van der Waals surface area (Å²) in [5.41, 5.74) is 6.65. The van der Waals surface area contributed by atoms with Gasteiger partial charge in [-0.2, -0.15) is 0 Å². The lowest BCUT2D eigenvalue weighted by Gasteiger charge is -2.44. The summed E-state index contributed by atoms with van der Waals surface area (Å²) < 4.78 is 14.0. The Bertz CT molecular complexity index is 901. The number of fused-ring (bicyclic) bond motifs is 1. The van der Waals surface area contributed by atoms with Gasteiger partial charge < -0.3 is 30.2 Å². The molecule has 0 radical (unpaired) electrons. The van der Waals surface area contributed by atoms with Gasteiger partial charge in [0.15, 0.2) is 0 Å². The quantitative estimate of drug-likeness (QED) is 0.325. The predicted octanol–water partition coefficient (Wildman–Crippen LogP) is 1.72. The first-order chi connectivity index (χ1) is 15.1. The molecule has 10 nitrogen and oxygen atoms in total. The molecule has 2 fully saturated rings. The number of carbonyl (C=O) groups is 4. The van der Waals surface area contributed by atoms with Crippen molar-refractivity contribution >= 4 is 48.1 Å². The van der Waals surface area contributed by atoms with Crippen LogP contribution in [0.25, 0.3) is 0 Å². The first-order valence-corrected chi connectivity index (χ1v) is 11.1. The number of nitrogens with two attached hydrogens (primary N) is 1. The number of amides is 2. The lowest BCUT2D eigenvalue weighted by molar-refractivity contribution is -0.180. The molecule has 0 saturated carbocycles. The second kappa shape index (κ2) is 10.6. The van der Waals surface area contributed by atoms with Crippen molar-refractivity contribution < 1.29 is 33.4 Å². The Hall–Kier alpha value is -2.50. The zero-order valence-corrected chi connectivity index (χ0v) is 20.3. The summed E-state index contributed by atoms with van der Waals surface area (Å²) >= 11 is 1.38. The van der Waals surface area contributed by atoms with Crippen molar-refractivity contribution in [2.24, 2.45) is 5.73 Å². The minimum atomic E-state index is -1.18. The molecule has 5 atom stereocenters. The van der Waals surface area contributed by atoms with E-state index in [1.165, 1.54) is 23.6 Å². The van der Waals surface area contributed by atoms with Gasteiger partial charge in [0.1, 0.15) is 23.5 Å². The van der Waals surface area contributed by atoms with Gasteiger partial charge in [-0.05, 0) is 26.3 Å². The van der Waals surface area contributed by atoms with Crippen LogP contribution in [0.3, 0.4) is 0 Å². The maximum Gasteiger partial charge on any atom is 0.511 e. The summed E-state index contributed by atoms with van der Waals surface area (Å²) in [7, 11) is 0. The van der Waals surface area contributed by atoms with Gasteiger partial charge in [-0.15, -0.1) is 24.2 Å². The second-order valence-corrected chi connectivity index (χ2v) is 9.71. The maximum absolute atomic E-state index is 12.8. The van der Waals surface area contributed by atoms with Gasteiger partial charge in [-0.3, -0.25) is 9.59 Å². The van der Waals surface area contributed by atoms with Crippen molar-refractivity contribution in [3.8, 4) is 0 Å². The summed E-state index contributed by atoms with van der Waals surface area (Å²) in [6, 6.07) is 6.21. The fourth-order valence-electron chi connectivity index (χ4n) is 3.72. The number of hydrogen-bond acceptors (Lipinski definition) is 9. The number of rotatable bonds is 7. The average molecular weight is 502 g/mol. The fraction of sp³-hybridized carbons (Fsp3) is 0.524. The van der Waals surface area contributed by atoms with E-state index in [1.807, 2.05) is 6.07 Å². The molecule has 2 amide bonds. The van der Waals surface area contributed by atoms with Crippen molar-refractivity contribution in [1.82, 2.24) is 10.2 Å². The molecule has 12 heteroatoms. The van der Waals surface area contributed by atoms with E-state index in [9.17, 15) is 19.2 Å². The van der Waals surface area contributed by atoms with Crippen LogP contribution in [0.5, 0.6) is 0 Å². The smallest absolute Gasteiger partial charge is 0.435 e. The second-order valence-electron chi connectivity index (χ2n) is 7.94. The Labute approximate surface area is 202 Å². The average Bonchev–Trinajstić information content (AvgIpc) is 2.99. The van der Waals surface area contributed by atoms with Crippen LogP contribution in [0.4, 0.5) is 4.79 Å². The van der Waals surface area contributed by atoms with Crippen molar-refractivity contribution in [3.05, 3.63) is 35.9 Å². The third-order valence-corrected chi connectivity index (χ3v) is 6.78. The number of nitrogens with zero attached hydrogens (tertiary/aromatic N) is 1. The summed E-state index contributed by atoms with van der Waals surface area (Å²) in [6.07, 6.45) is -2.14. The first-order valence-electron chi connectivity index (χ1n) is 10.2. The first kappa shape index (κ1) is 26.7. The minimum absolute atomic E-state index is 0. The van der Waals surface area contributed by atoms with E-state index >= 15 is 0 Å². The number of β-lactam (4-membered cyclic amide) rings is 1. The number of carbonyl (C=O) groups excluding carboxylic acids is 4. The number of ether oxygens (including phenoxy) is 3. The predicted molar refractivity (Wildman–Crippen MR) is 122 cm³/mol. The van der Waals surface area contributed by atoms with Crippen molar-refractivity contribution in [2.75, 3.05) is 6.61 Å². The molecular formula is C21H28ClN3O7S. The molecule has 33 heavy (non-hydrogen) atoms. The van der Waals surface area contributed by atoms with Crippen LogP contribution in [-0.4, -0.2) is 63.9 Å². The van der Waals surface area contributed by atoms with Gasteiger partial charge in [0, 0.05) is 11.7 Å². The highest BCUT2D eigenvalue weighted by atomic mass is 35.5. The lowest BCUT2D eigenvalue weighted by Crippen LogP contribution is -2.71. The molecule has 2 saturated heterocycles. The van der Waals surface area contributed by atoms with Crippen LogP contribution in [0.2, 0.25) is 0 Å². The molecule has 0 aromatic heterocycles. The van der Waals surface area contributed by atoms with Gasteiger partial charge in [0.25, 0.3) is 0 Å². The van der Waals surface area contributed by atoms with E-state index in [1.54, 1.807) is 45.0 Å². The van der Waals surface area contributed by atoms with Crippen LogP contribution in [0.15, 0.2) is 30.3 Å². The molecule has 2 aliphatic heterocycles. The topological polar surface area (TPSA) is 137 Å². The highest BCUT2D eigenvalue weighted by Crippen LogP contribution is 2.51. The summed E-state index contributed by atoms with van der Waals surface area (Å²) in [5.74, 6) is -1.58. The monoisotopic (exact) mass is 501 g/mol. The van der Waals surface area contributed by atoms with E-state index in [-0.39, 0.29) is 19.0 Å². The molecular weight excluding hydrogens is 474 g/mol. The normalized spacial score (nSPS) is 24.3. The Morgan fingerprint density at radius 1 is 1.21 bits per heavy atom. The molecule has 3 rings (SSSR count). The van der Waals surface area contributed by atoms with Crippen LogP contribution in [0.1, 0.15) is 39.3 Å². The Morgan fingerprint density at radius 2 is 1.85 bits per heavy atom. The largest absolute Gasteiger partial charge is 0.511 e. The highest BCUT2D eigenvalue weighted by molar-refractivity contribution is 8.01. The Balaban J connectivity index is 0.00000385. The number of halogens is 1. The maximum atomic E-state index is 12.8. The van der Waals surface area contributed by atoms with Gasteiger partial charge in [-0.25, -0.2) is 9.59 Å². The lowest BCUT2D eigenvalue weighted by atomic mass is 9.95. The van der Waals surface area contributed by atoms with Crippen LogP contribution >= 0.6 is 24.2 Å².